The standard InChI is InChI=1S/C14H19N5O3S/c1-19-14(16-10-17-19)9-22-12-2-4-13(5-3-12)23(20,21)18-11-6-7-15-8-11/h2-5,10-11,15,18H,6-9H2,1H3. The molecule has 2 aromatic rings. The van der Waals surface area contributed by atoms with Gasteiger partial charge in [0, 0.05) is 19.6 Å². The zero-order valence-electron chi connectivity index (χ0n) is 12.8. The normalized spacial score (nSPS) is 18.2. The molecule has 1 aliphatic heterocycles. The van der Waals surface area contributed by atoms with E-state index < -0.39 is 10.0 Å². The fraction of sp³-hybridized carbons (Fsp3) is 0.429. The summed E-state index contributed by atoms with van der Waals surface area (Å²) in [7, 11) is -1.71. The third-order valence-electron chi connectivity index (χ3n) is 3.69. The second kappa shape index (κ2) is 6.65. The van der Waals surface area contributed by atoms with E-state index >= 15 is 0 Å². The first-order valence-electron chi connectivity index (χ1n) is 7.33. The fourth-order valence-corrected chi connectivity index (χ4v) is 3.63. The molecule has 1 unspecified atom stereocenters. The molecule has 1 atom stereocenters. The molecule has 0 saturated carbocycles. The van der Waals surface area contributed by atoms with Crippen molar-refractivity contribution in [3.63, 3.8) is 0 Å². The topological polar surface area (TPSA) is 98.1 Å². The SMILES string of the molecule is Cn1ncnc1COc1ccc(S(=O)(=O)NC2CCNC2)cc1. The lowest BCUT2D eigenvalue weighted by molar-refractivity contribution is 0.289. The van der Waals surface area contributed by atoms with Crippen LogP contribution in [0.25, 0.3) is 0 Å². The molecule has 23 heavy (non-hydrogen) atoms. The molecule has 1 aromatic heterocycles. The van der Waals surface area contributed by atoms with Gasteiger partial charge in [0.05, 0.1) is 4.90 Å². The van der Waals surface area contributed by atoms with Crippen LogP contribution in [0.4, 0.5) is 0 Å². The van der Waals surface area contributed by atoms with Crippen LogP contribution in [-0.2, 0) is 23.7 Å². The Morgan fingerprint density at radius 3 is 2.78 bits per heavy atom. The van der Waals surface area contributed by atoms with Gasteiger partial charge in [-0.15, -0.1) is 0 Å². The molecule has 0 spiro atoms. The number of aryl methyl sites for hydroxylation is 1. The van der Waals surface area contributed by atoms with Crippen LogP contribution in [-0.4, -0.2) is 42.3 Å². The Balaban J connectivity index is 1.63. The van der Waals surface area contributed by atoms with Gasteiger partial charge < -0.3 is 10.1 Å². The van der Waals surface area contributed by atoms with Gasteiger partial charge in [-0.25, -0.2) is 18.1 Å². The highest BCUT2D eigenvalue weighted by molar-refractivity contribution is 7.89. The van der Waals surface area contributed by atoms with Crippen LogP contribution in [0.2, 0.25) is 0 Å². The van der Waals surface area contributed by atoms with E-state index in [0.717, 1.165) is 13.0 Å². The van der Waals surface area contributed by atoms with Crippen LogP contribution < -0.4 is 14.8 Å². The first-order chi connectivity index (χ1) is 11.0. The quantitative estimate of drug-likeness (QED) is 0.772. The van der Waals surface area contributed by atoms with Gasteiger partial charge in [-0.1, -0.05) is 0 Å². The van der Waals surface area contributed by atoms with E-state index in [1.54, 1.807) is 23.9 Å². The Morgan fingerprint density at radius 1 is 1.39 bits per heavy atom. The van der Waals surface area contributed by atoms with E-state index in [1.807, 2.05) is 0 Å². The summed E-state index contributed by atoms with van der Waals surface area (Å²) in [6.07, 6.45) is 2.26. The minimum Gasteiger partial charge on any atom is -0.486 e. The van der Waals surface area contributed by atoms with Crippen LogP contribution in [0.1, 0.15) is 12.2 Å². The molecule has 2 heterocycles. The van der Waals surface area contributed by atoms with Gasteiger partial charge in [0.25, 0.3) is 0 Å². The third kappa shape index (κ3) is 3.87. The van der Waals surface area contributed by atoms with Gasteiger partial charge in [-0.05, 0) is 37.2 Å². The van der Waals surface area contributed by atoms with Gasteiger partial charge in [0.15, 0.2) is 5.82 Å². The number of hydrogen-bond acceptors (Lipinski definition) is 6. The Kier molecular flexibility index (Phi) is 4.60. The Morgan fingerprint density at radius 2 is 2.17 bits per heavy atom. The van der Waals surface area contributed by atoms with E-state index in [1.165, 1.54) is 18.5 Å². The van der Waals surface area contributed by atoms with E-state index in [-0.39, 0.29) is 17.5 Å². The molecule has 1 saturated heterocycles. The smallest absolute Gasteiger partial charge is 0.240 e. The van der Waals surface area contributed by atoms with E-state index in [9.17, 15) is 8.42 Å². The predicted octanol–water partition coefficient (Wildman–Crippen LogP) is 0.0343. The molecule has 0 bridgehead atoms. The highest BCUT2D eigenvalue weighted by Gasteiger charge is 2.22. The van der Waals surface area contributed by atoms with E-state index in [2.05, 4.69) is 20.1 Å². The van der Waals surface area contributed by atoms with Crippen molar-refractivity contribution in [3.8, 4) is 5.75 Å². The maximum Gasteiger partial charge on any atom is 0.240 e. The summed E-state index contributed by atoms with van der Waals surface area (Å²) in [5.41, 5.74) is 0. The van der Waals surface area contributed by atoms with Crippen molar-refractivity contribution in [1.82, 2.24) is 24.8 Å². The van der Waals surface area contributed by atoms with E-state index in [0.29, 0.717) is 18.1 Å². The van der Waals surface area contributed by atoms with Crippen LogP contribution in [0.3, 0.4) is 0 Å². The van der Waals surface area contributed by atoms with Crippen molar-refractivity contribution in [2.24, 2.45) is 7.05 Å². The van der Waals surface area contributed by atoms with Crippen molar-refractivity contribution in [2.75, 3.05) is 13.1 Å². The van der Waals surface area contributed by atoms with Gasteiger partial charge >= 0.3 is 0 Å². The number of nitrogens with one attached hydrogen (secondary N) is 2. The molecular weight excluding hydrogens is 318 g/mol. The Labute approximate surface area is 134 Å². The third-order valence-corrected chi connectivity index (χ3v) is 5.23. The first-order valence-corrected chi connectivity index (χ1v) is 8.82. The summed E-state index contributed by atoms with van der Waals surface area (Å²) in [6.45, 7) is 1.77. The number of nitrogens with zero attached hydrogens (tertiary/aromatic N) is 3. The zero-order chi connectivity index (χ0) is 16.3. The van der Waals surface area contributed by atoms with Crippen molar-refractivity contribution < 1.29 is 13.2 Å². The maximum absolute atomic E-state index is 12.3. The molecule has 1 aliphatic rings. The lowest BCUT2D eigenvalue weighted by Crippen LogP contribution is -2.36. The minimum atomic E-state index is -3.50. The molecular formula is C14H19N5O3S. The van der Waals surface area contributed by atoms with Crippen LogP contribution in [0.5, 0.6) is 5.75 Å². The molecule has 1 fully saturated rings. The summed E-state index contributed by atoms with van der Waals surface area (Å²) in [4.78, 5) is 4.29. The van der Waals surface area contributed by atoms with Crippen LogP contribution in [0.15, 0.2) is 35.5 Å². The Bertz CT molecular complexity index is 751. The summed E-state index contributed by atoms with van der Waals surface area (Å²) in [6, 6.07) is 6.30. The van der Waals surface area contributed by atoms with E-state index in [4.69, 9.17) is 4.74 Å². The monoisotopic (exact) mass is 337 g/mol. The number of hydrogen-bond donors (Lipinski definition) is 2. The first kappa shape index (κ1) is 15.9. The predicted molar refractivity (Wildman–Crippen MR) is 83.4 cm³/mol. The lowest BCUT2D eigenvalue weighted by atomic mass is 10.3. The second-order valence-corrected chi connectivity index (χ2v) is 7.08. The van der Waals surface area contributed by atoms with Crippen molar-refractivity contribution in [2.45, 2.75) is 24.0 Å². The number of ether oxygens (including phenoxy) is 1. The van der Waals surface area contributed by atoms with Gasteiger partial charge in [-0.2, -0.15) is 5.10 Å². The Hall–Kier alpha value is -1.97. The lowest BCUT2D eigenvalue weighted by Gasteiger charge is -2.12. The molecule has 0 amide bonds. The largest absolute Gasteiger partial charge is 0.486 e. The van der Waals surface area contributed by atoms with Crippen LogP contribution in [0, 0.1) is 0 Å². The molecule has 3 rings (SSSR count). The highest BCUT2D eigenvalue weighted by Crippen LogP contribution is 2.17. The summed E-state index contributed by atoms with van der Waals surface area (Å²) in [5, 5.41) is 7.09. The van der Waals surface area contributed by atoms with Gasteiger partial charge in [0.2, 0.25) is 10.0 Å². The van der Waals surface area contributed by atoms with Crippen molar-refractivity contribution in [1.29, 1.82) is 0 Å². The molecule has 124 valence electrons. The van der Waals surface area contributed by atoms with Crippen molar-refractivity contribution in [3.05, 3.63) is 36.4 Å². The molecule has 0 aliphatic carbocycles. The average Bonchev–Trinajstić information content (AvgIpc) is 3.17. The molecule has 2 N–H and O–H groups in total. The number of sulfonamides is 1. The number of benzene rings is 1. The molecule has 0 radical (unpaired) electrons. The second-order valence-electron chi connectivity index (χ2n) is 5.37. The minimum absolute atomic E-state index is 0.0492. The maximum atomic E-state index is 12.3. The molecule has 1 aromatic carbocycles. The average molecular weight is 337 g/mol. The number of rotatable bonds is 6. The van der Waals surface area contributed by atoms with Gasteiger partial charge in [-0.3, -0.25) is 4.68 Å². The van der Waals surface area contributed by atoms with Gasteiger partial charge in [0.1, 0.15) is 18.7 Å². The highest BCUT2D eigenvalue weighted by atomic mass is 32.2. The van der Waals surface area contributed by atoms with Crippen molar-refractivity contribution >= 4 is 10.0 Å². The number of aromatic nitrogens is 3. The summed E-state index contributed by atoms with van der Waals surface area (Å²) in [5.74, 6) is 1.27. The van der Waals surface area contributed by atoms with Crippen LogP contribution >= 0.6 is 0 Å². The summed E-state index contributed by atoms with van der Waals surface area (Å²) >= 11 is 0. The summed E-state index contributed by atoms with van der Waals surface area (Å²) < 4.78 is 34.5. The molecule has 8 nitrogen and oxygen atoms in total. The fourth-order valence-electron chi connectivity index (χ4n) is 2.36. The molecule has 9 heteroatoms. The zero-order valence-corrected chi connectivity index (χ0v) is 13.6.